The average Bonchev–Trinajstić information content (AvgIpc) is 2.54. The fraction of sp³-hybridized carbons (Fsp3) is 0.105. The molecule has 1 heterocycles. The molecule has 0 bridgehead atoms. The number of nitrogens with one attached hydrogen (secondary N) is 1. The van der Waals surface area contributed by atoms with Crippen molar-refractivity contribution in [1.29, 1.82) is 0 Å². The molecule has 2 N–H and O–H groups in total. The number of carbonyl (C=O) groups excluding carboxylic acids is 3. The Balaban J connectivity index is 2.10. The minimum Gasteiger partial charge on any atom is -0.506 e. The molecule has 0 radical (unpaired) electrons. The molecule has 8 heteroatoms. The molecule has 0 aliphatic carbocycles. The van der Waals surface area contributed by atoms with Crippen LogP contribution in [-0.4, -0.2) is 23.0 Å². The number of anilines is 1. The van der Waals surface area contributed by atoms with Crippen molar-refractivity contribution >= 4 is 57.1 Å². The van der Waals surface area contributed by atoms with Crippen molar-refractivity contribution in [3.8, 4) is 5.75 Å². The first-order valence-electron chi connectivity index (χ1n) is 7.85. The predicted octanol–water partition coefficient (Wildman–Crippen LogP) is 4.09. The molecule has 0 saturated carbocycles. The maximum Gasteiger partial charge on any atom is 0.335 e. The highest BCUT2D eigenvalue weighted by Crippen LogP contribution is 2.33. The van der Waals surface area contributed by atoms with Crippen molar-refractivity contribution in [1.82, 2.24) is 5.32 Å². The van der Waals surface area contributed by atoms with E-state index >= 15 is 0 Å². The molecular formula is C19H14BrClN2O4. The number of rotatable bonds is 2. The lowest BCUT2D eigenvalue weighted by molar-refractivity contribution is -0.122. The summed E-state index contributed by atoms with van der Waals surface area (Å²) in [6.45, 7) is 3.68. The zero-order valence-electron chi connectivity index (χ0n) is 14.3. The van der Waals surface area contributed by atoms with Gasteiger partial charge in [0, 0.05) is 10.0 Å². The van der Waals surface area contributed by atoms with Crippen LogP contribution in [0.2, 0.25) is 5.02 Å². The van der Waals surface area contributed by atoms with E-state index in [2.05, 4.69) is 21.2 Å². The monoisotopic (exact) mass is 448 g/mol. The third kappa shape index (κ3) is 3.74. The van der Waals surface area contributed by atoms with E-state index in [-0.39, 0.29) is 21.9 Å². The molecule has 1 aliphatic rings. The second kappa shape index (κ2) is 7.17. The summed E-state index contributed by atoms with van der Waals surface area (Å²) in [4.78, 5) is 38.3. The van der Waals surface area contributed by atoms with E-state index in [1.165, 1.54) is 18.2 Å². The first-order valence-corrected chi connectivity index (χ1v) is 9.02. The second-order valence-corrected chi connectivity index (χ2v) is 7.45. The van der Waals surface area contributed by atoms with E-state index in [4.69, 9.17) is 11.6 Å². The highest BCUT2D eigenvalue weighted by atomic mass is 79.9. The number of halogens is 2. The normalized spacial score (nSPS) is 16.1. The number of aryl methyl sites for hydroxylation is 2. The van der Waals surface area contributed by atoms with Gasteiger partial charge in [0.1, 0.15) is 11.3 Å². The van der Waals surface area contributed by atoms with Crippen molar-refractivity contribution in [2.24, 2.45) is 0 Å². The fourth-order valence-corrected chi connectivity index (χ4v) is 3.66. The molecule has 6 nitrogen and oxygen atoms in total. The van der Waals surface area contributed by atoms with Gasteiger partial charge in [-0.15, -0.1) is 0 Å². The zero-order valence-corrected chi connectivity index (χ0v) is 16.7. The van der Waals surface area contributed by atoms with E-state index in [9.17, 15) is 19.5 Å². The molecular weight excluding hydrogens is 436 g/mol. The summed E-state index contributed by atoms with van der Waals surface area (Å²) in [5.41, 5.74) is 1.96. The number of phenolic OH excluding ortho intramolecular Hbond substituents is 1. The number of hydrogen-bond donors (Lipinski definition) is 2. The number of nitrogens with zero attached hydrogens (tertiary/aromatic N) is 1. The van der Waals surface area contributed by atoms with Crippen molar-refractivity contribution < 1.29 is 19.5 Å². The van der Waals surface area contributed by atoms with E-state index in [1.807, 2.05) is 19.9 Å². The molecule has 0 unspecified atom stereocenters. The van der Waals surface area contributed by atoms with Crippen LogP contribution in [0.3, 0.4) is 0 Å². The van der Waals surface area contributed by atoms with Gasteiger partial charge in [-0.1, -0.05) is 33.6 Å². The van der Waals surface area contributed by atoms with Crippen LogP contribution >= 0.6 is 27.5 Å². The maximum absolute atomic E-state index is 12.9. The van der Waals surface area contributed by atoms with Gasteiger partial charge in [0.15, 0.2) is 0 Å². The number of phenols is 1. The molecule has 3 rings (SSSR count). The Labute approximate surface area is 168 Å². The minimum atomic E-state index is -0.846. The smallest absolute Gasteiger partial charge is 0.335 e. The summed E-state index contributed by atoms with van der Waals surface area (Å²) in [5, 5.41) is 12.3. The van der Waals surface area contributed by atoms with E-state index < -0.39 is 17.8 Å². The van der Waals surface area contributed by atoms with E-state index in [0.717, 1.165) is 16.0 Å². The number of aromatic hydroxyl groups is 1. The van der Waals surface area contributed by atoms with Gasteiger partial charge < -0.3 is 5.11 Å². The molecule has 2 aromatic carbocycles. The molecule has 1 fully saturated rings. The van der Waals surface area contributed by atoms with Crippen molar-refractivity contribution in [3.05, 3.63) is 62.1 Å². The van der Waals surface area contributed by atoms with Crippen LogP contribution in [0.1, 0.15) is 16.7 Å². The Bertz CT molecular complexity index is 1010. The molecule has 0 aromatic heterocycles. The number of amides is 4. The largest absolute Gasteiger partial charge is 0.506 e. The van der Waals surface area contributed by atoms with Gasteiger partial charge >= 0.3 is 6.03 Å². The Morgan fingerprint density at radius 1 is 1.07 bits per heavy atom. The minimum absolute atomic E-state index is 0.0575. The molecule has 138 valence electrons. The third-order valence-electron chi connectivity index (χ3n) is 3.92. The van der Waals surface area contributed by atoms with Crippen LogP contribution in [0.5, 0.6) is 5.75 Å². The third-order valence-corrected chi connectivity index (χ3v) is 4.67. The summed E-state index contributed by atoms with van der Waals surface area (Å²) in [7, 11) is 0. The van der Waals surface area contributed by atoms with E-state index in [0.29, 0.717) is 10.2 Å². The van der Waals surface area contributed by atoms with Gasteiger partial charge in [-0.25, -0.2) is 9.69 Å². The summed E-state index contributed by atoms with van der Waals surface area (Å²) in [5.74, 6) is -1.91. The van der Waals surface area contributed by atoms with Crippen LogP contribution in [0.15, 0.2) is 40.4 Å². The predicted molar refractivity (Wildman–Crippen MR) is 106 cm³/mol. The first-order chi connectivity index (χ1) is 12.7. The van der Waals surface area contributed by atoms with Gasteiger partial charge in [0.2, 0.25) is 0 Å². The SMILES string of the molecule is Cc1cc(C)cc(N2C(=O)NC(=O)C(=Cc3cc(Br)cc(Cl)c3O)C2=O)c1. The molecule has 1 aliphatic heterocycles. The van der Waals surface area contributed by atoms with Gasteiger partial charge in [-0.05, 0) is 55.3 Å². The Kier molecular flexibility index (Phi) is 5.08. The second-order valence-electron chi connectivity index (χ2n) is 6.13. The van der Waals surface area contributed by atoms with Crippen LogP contribution < -0.4 is 10.2 Å². The molecule has 0 spiro atoms. The number of imide groups is 2. The van der Waals surface area contributed by atoms with Crippen molar-refractivity contribution in [2.75, 3.05) is 4.90 Å². The Hall–Kier alpha value is -2.64. The van der Waals surface area contributed by atoms with Crippen LogP contribution in [0, 0.1) is 13.8 Å². The van der Waals surface area contributed by atoms with Crippen LogP contribution in [-0.2, 0) is 9.59 Å². The zero-order chi connectivity index (χ0) is 19.9. The van der Waals surface area contributed by atoms with Crippen molar-refractivity contribution in [3.63, 3.8) is 0 Å². The number of barbiturate groups is 1. The summed E-state index contributed by atoms with van der Waals surface area (Å²) in [6, 6.07) is 7.40. The van der Waals surface area contributed by atoms with Crippen molar-refractivity contribution in [2.45, 2.75) is 13.8 Å². The fourth-order valence-electron chi connectivity index (χ4n) is 2.82. The molecule has 27 heavy (non-hydrogen) atoms. The Morgan fingerprint density at radius 3 is 2.33 bits per heavy atom. The van der Waals surface area contributed by atoms with Gasteiger partial charge in [-0.3, -0.25) is 14.9 Å². The number of hydrogen-bond acceptors (Lipinski definition) is 4. The summed E-state index contributed by atoms with van der Waals surface area (Å²) in [6.07, 6.45) is 1.20. The lowest BCUT2D eigenvalue weighted by atomic mass is 10.0. The lowest BCUT2D eigenvalue weighted by Crippen LogP contribution is -2.54. The highest BCUT2D eigenvalue weighted by Gasteiger charge is 2.37. The summed E-state index contributed by atoms with van der Waals surface area (Å²) < 4.78 is 0.558. The number of urea groups is 1. The quantitative estimate of drug-likeness (QED) is 0.534. The van der Waals surface area contributed by atoms with Gasteiger partial charge in [-0.2, -0.15) is 0 Å². The molecule has 1 saturated heterocycles. The van der Waals surface area contributed by atoms with Gasteiger partial charge in [0.25, 0.3) is 11.8 Å². The summed E-state index contributed by atoms with van der Waals surface area (Å²) >= 11 is 9.17. The standard InChI is InChI=1S/C19H14BrClN2O4/c1-9-3-10(2)5-13(4-9)23-18(26)14(17(25)22-19(23)27)7-11-6-12(20)8-15(21)16(11)24/h3-8,24H,1-2H3,(H,22,25,27). The first kappa shape index (κ1) is 19.1. The highest BCUT2D eigenvalue weighted by molar-refractivity contribution is 9.10. The van der Waals surface area contributed by atoms with Crippen LogP contribution in [0.25, 0.3) is 6.08 Å². The average molecular weight is 450 g/mol. The molecule has 4 amide bonds. The lowest BCUT2D eigenvalue weighted by Gasteiger charge is -2.27. The van der Waals surface area contributed by atoms with Gasteiger partial charge in [0.05, 0.1) is 10.7 Å². The maximum atomic E-state index is 12.9. The molecule has 0 atom stereocenters. The Morgan fingerprint density at radius 2 is 1.70 bits per heavy atom. The van der Waals surface area contributed by atoms with E-state index in [1.54, 1.807) is 12.1 Å². The van der Waals surface area contributed by atoms with Crippen LogP contribution in [0.4, 0.5) is 10.5 Å². The number of benzene rings is 2. The topological polar surface area (TPSA) is 86.7 Å². The number of carbonyl (C=O) groups is 3. The molecule has 2 aromatic rings.